The van der Waals surface area contributed by atoms with Crippen LogP contribution < -0.4 is 0 Å². The van der Waals surface area contributed by atoms with Crippen LogP contribution in [-0.2, 0) is 0 Å². The van der Waals surface area contributed by atoms with Gasteiger partial charge in [0.25, 0.3) is 0 Å². The molecule has 0 aromatic carbocycles. The molecule has 0 aromatic rings. The topological polar surface area (TPSA) is 9.72 Å². The molecule has 0 bridgehead atoms. The van der Waals surface area contributed by atoms with Gasteiger partial charge in [-0.05, 0) is 26.8 Å². The number of nitrogens with zero attached hydrogens (tertiary/aromatic N) is 3. The molecular weight excluding hydrogens is 210 g/mol. The maximum atomic E-state index is 2.61. The van der Waals surface area contributed by atoms with Crippen LogP contribution >= 0.6 is 0 Å². The Bertz CT molecular complexity index is 196. The van der Waals surface area contributed by atoms with Crippen molar-refractivity contribution >= 4 is 0 Å². The van der Waals surface area contributed by atoms with Crippen LogP contribution in [0.25, 0.3) is 0 Å². The Balaban J connectivity index is 2.15. The molecule has 1 aliphatic heterocycles. The van der Waals surface area contributed by atoms with Gasteiger partial charge in [-0.3, -0.25) is 4.90 Å². The lowest BCUT2D eigenvalue weighted by molar-refractivity contribution is 0.110. The highest BCUT2D eigenvalue weighted by Gasteiger charge is 2.17. The monoisotopic (exact) mass is 241 g/mol. The zero-order valence-electron chi connectivity index (χ0n) is 12.4. The zero-order valence-corrected chi connectivity index (χ0v) is 12.4. The lowest BCUT2D eigenvalue weighted by Crippen LogP contribution is -2.49. The van der Waals surface area contributed by atoms with Crippen LogP contribution in [-0.4, -0.2) is 73.6 Å². The minimum atomic E-state index is 0.664. The van der Waals surface area contributed by atoms with E-state index in [9.17, 15) is 0 Å². The number of likely N-dealkylation sites (N-methyl/N-ethyl adjacent to an activating group) is 1. The molecule has 0 radical (unpaired) electrons. The molecule has 0 aromatic heterocycles. The van der Waals surface area contributed by atoms with Crippen LogP contribution in [0.4, 0.5) is 0 Å². The highest BCUT2D eigenvalue weighted by Crippen LogP contribution is 2.05. The summed E-state index contributed by atoms with van der Waals surface area (Å²) in [6.45, 7) is 17.8. The highest BCUT2D eigenvalue weighted by atomic mass is 15.3. The molecule has 102 valence electrons. The fourth-order valence-corrected chi connectivity index (χ4v) is 2.27. The van der Waals surface area contributed by atoms with Crippen LogP contribution in [0.15, 0.2) is 0 Å². The van der Waals surface area contributed by atoms with Crippen molar-refractivity contribution in [2.45, 2.75) is 33.7 Å². The van der Waals surface area contributed by atoms with Gasteiger partial charge >= 0.3 is 0 Å². The summed E-state index contributed by atoms with van der Waals surface area (Å²) in [5.74, 6) is 0.800. The number of hydrogen-bond donors (Lipinski definition) is 0. The molecule has 0 amide bonds. The first-order valence-corrected chi connectivity index (χ1v) is 7.14. The summed E-state index contributed by atoms with van der Waals surface area (Å²) in [7, 11) is 2.22. The summed E-state index contributed by atoms with van der Waals surface area (Å²) in [4.78, 5) is 7.64. The van der Waals surface area contributed by atoms with Gasteiger partial charge in [-0.15, -0.1) is 0 Å². The first kappa shape index (κ1) is 14.9. The molecule has 0 atom stereocenters. The molecule has 0 unspecified atom stereocenters. The molecule has 3 nitrogen and oxygen atoms in total. The predicted molar refractivity (Wildman–Crippen MR) is 75.5 cm³/mol. The summed E-state index contributed by atoms with van der Waals surface area (Å²) in [5, 5.41) is 0. The van der Waals surface area contributed by atoms with E-state index in [-0.39, 0.29) is 0 Å². The Morgan fingerprint density at radius 1 is 0.941 bits per heavy atom. The predicted octanol–water partition coefficient (Wildman–Crippen LogP) is 1.60. The Hall–Kier alpha value is -0.120. The largest absolute Gasteiger partial charge is 0.303 e. The lowest BCUT2D eigenvalue weighted by Gasteiger charge is -2.36. The Morgan fingerprint density at radius 2 is 1.47 bits per heavy atom. The molecule has 0 aliphatic carbocycles. The second-order valence-corrected chi connectivity index (χ2v) is 6.11. The van der Waals surface area contributed by atoms with Crippen molar-refractivity contribution in [2.24, 2.45) is 5.92 Å². The number of rotatable bonds is 6. The van der Waals surface area contributed by atoms with Gasteiger partial charge in [-0.25, -0.2) is 0 Å². The van der Waals surface area contributed by atoms with Gasteiger partial charge in [0.15, 0.2) is 0 Å². The van der Waals surface area contributed by atoms with Crippen molar-refractivity contribution in [3.8, 4) is 0 Å². The van der Waals surface area contributed by atoms with Gasteiger partial charge in [-0.2, -0.15) is 0 Å². The van der Waals surface area contributed by atoms with Crippen molar-refractivity contribution in [3.63, 3.8) is 0 Å². The van der Waals surface area contributed by atoms with Crippen LogP contribution in [0.2, 0.25) is 0 Å². The van der Waals surface area contributed by atoms with E-state index in [2.05, 4.69) is 49.4 Å². The summed E-state index contributed by atoms with van der Waals surface area (Å²) in [6, 6.07) is 0.664. The maximum absolute atomic E-state index is 2.61. The van der Waals surface area contributed by atoms with E-state index in [0.29, 0.717) is 6.04 Å². The summed E-state index contributed by atoms with van der Waals surface area (Å²) >= 11 is 0. The van der Waals surface area contributed by atoms with Gasteiger partial charge in [0.1, 0.15) is 0 Å². The normalized spacial score (nSPS) is 19.8. The molecule has 17 heavy (non-hydrogen) atoms. The van der Waals surface area contributed by atoms with Crippen LogP contribution in [0.5, 0.6) is 0 Å². The molecule has 1 rings (SSSR count). The van der Waals surface area contributed by atoms with Gasteiger partial charge in [0, 0.05) is 51.9 Å². The summed E-state index contributed by atoms with van der Waals surface area (Å²) < 4.78 is 0. The van der Waals surface area contributed by atoms with Gasteiger partial charge in [0.05, 0.1) is 0 Å². The Labute approximate surface area is 108 Å². The zero-order chi connectivity index (χ0) is 12.8. The molecule has 1 fully saturated rings. The smallest absolute Gasteiger partial charge is 0.0110 e. The molecular formula is C14H31N3. The molecule has 1 aliphatic rings. The fourth-order valence-electron chi connectivity index (χ4n) is 2.27. The van der Waals surface area contributed by atoms with E-state index >= 15 is 0 Å². The molecule has 3 heteroatoms. The SMILES string of the molecule is CC(C)CN1CCN(CCN(C)C(C)C)CC1. The van der Waals surface area contributed by atoms with Crippen molar-refractivity contribution < 1.29 is 0 Å². The third-order valence-electron chi connectivity index (χ3n) is 3.74. The fraction of sp³-hybridized carbons (Fsp3) is 1.00. The molecule has 0 saturated carbocycles. The number of piperazine rings is 1. The molecule has 1 heterocycles. The van der Waals surface area contributed by atoms with Crippen molar-refractivity contribution in [1.29, 1.82) is 0 Å². The molecule has 0 N–H and O–H groups in total. The first-order valence-electron chi connectivity index (χ1n) is 7.14. The van der Waals surface area contributed by atoms with Crippen molar-refractivity contribution in [3.05, 3.63) is 0 Å². The van der Waals surface area contributed by atoms with E-state index < -0.39 is 0 Å². The average Bonchev–Trinajstić information content (AvgIpc) is 2.26. The highest BCUT2D eigenvalue weighted by molar-refractivity contribution is 4.73. The van der Waals surface area contributed by atoms with Crippen LogP contribution in [0.1, 0.15) is 27.7 Å². The summed E-state index contributed by atoms with van der Waals surface area (Å²) in [5.41, 5.74) is 0. The third-order valence-corrected chi connectivity index (χ3v) is 3.74. The maximum Gasteiger partial charge on any atom is 0.0110 e. The minimum absolute atomic E-state index is 0.664. The third kappa shape index (κ3) is 5.84. The average molecular weight is 241 g/mol. The quantitative estimate of drug-likeness (QED) is 0.699. The standard InChI is InChI=1S/C14H31N3/c1-13(2)12-17-10-8-16(9-11-17)7-6-15(5)14(3)4/h13-14H,6-12H2,1-5H3. The minimum Gasteiger partial charge on any atom is -0.303 e. The first-order chi connectivity index (χ1) is 7.99. The lowest BCUT2D eigenvalue weighted by atomic mass is 10.2. The second-order valence-electron chi connectivity index (χ2n) is 6.11. The van der Waals surface area contributed by atoms with Crippen molar-refractivity contribution in [2.75, 3.05) is 52.9 Å². The molecule has 1 saturated heterocycles. The van der Waals surface area contributed by atoms with Crippen LogP contribution in [0.3, 0.4) is 0 Å². The summed E-state index contributed by atoms with van der Waals surface area (Å²) in [6.07, 6.45) is 0. The molecule has 0 spiro atoms. The Kier molecular flexibility index (Phi) is 6.45. The van der Waals surface area contributed by atoms with E-state index in [1.165, 1.54) is 45.8 Å². The second kappa shape index (κ2) is 7.34. The van der Waals surface area contributed by atoms with Gasteiger partial charge in [-0.1, -0.05) is 13.8 Å². The Morgan fingerprint density at radius 3 is 1.94 bits per heavy atom. The van der Waals surface area contributed by atoms with Crippen molar-refractivity contribution in [1.82, 2.24) is 14.7 Å². The van der Waals surface area contributed by atoms with E-state index in [0.717, 1.165) is 5.92 Å². The van der Waals surface area contributed by atoms with Gasteiger partial charge < -0.3 is 9.80 Å². The van der Waals surface area contributed by atoms with E-state index in [1.54, 1.807) is 0 Å². The van der Waals surface area contributed by atoms with Gasteiger partial charge in [0.2, 0.25) is 0 Å². The number of hydrogen-bond acceptors (Lipinski definition) is 3. The van der Waals surface area contributed by atoms with E-state index in [4.69, 9.17) is 0 Å². The van der Waals surface area contributed by atoms with E-state index in [1.807, 2.05) is 0 Å². The van der Waals surface area contributed by atoms with Crippen LogP contribution in [0, 0.1) is 5.92 Å².